The molecule has 265 valence electrons. The Balaban J connectivity index is 0.000000192. The molecule has 8 aromatic rings. The standard InChI is InChI=1S/C27H19N2O.C19H26NSi.Ir/c1-17-9-7-10-18(2)25(17)29-23-15-5-4-14-22(23)28-27(29)21-13-8-12-20-19-11-3-6-16-24(19)30-26(20)21;1-14(2)11-17-12-18(16-9-7-15(3)8-10-16)20-13-19(17)21(4,5)6;/h3-12,14-16H,1-2H3;7-9,12-14H,11H2,1-6H3;/q2*-1;/i;3D3,11D2;. The van der Waals surface area contributed by atoms with Gasteiger partial charge in [-0.2, -0.15) is 0 Å². The van der Waals surface area contributed by atoms with Gasteiger partial charge in [0.25, 0.3) is 0 Å². The molecule has 0 fully saturated rings. The van der Waals surface area contributed by atoms with Gasteiger partial charge in [-0.25, -0.2) is 0 Å². The number of nitrogens with zero attached hydrogens (tertiary/aromatic N) is 3. The summed E-state index contributed by atoms with van der Waals surface area (Å²) in [6.07, 6.45) is 0.328. The minimum Gasteiger partial charge on any atom is -0.501 e. The fourth-order valence-electron chi connectivity index (χ4n) is 6.65. The first-order valence-corrected chi connectivity index (χ1v) is 20.9. The number of furan rings is 1. The van der Waals surface area contributed by atoms with Crippen molar-refractivity contribution < 1.29 is 31.4 Å². The zero-order valence-electron chi connectivity index (χ0n) is 35.6. The van der Waals surface area contributed by atoms with Crippen LogP contribution < -0.4 is 5.19 Å². The average molecular weight is 881 g/mol. The Hall–Kier alpha value is -4.61. The SMILES string of the molecule is Cc1cccc(C)c1-n1c(-c2[c-]ccc3c2oc2ccccc23)nc2ccccc21.[2H]C([2H])([2H])c1c[c-]c(-c2cc(C([2H])([2H])C(C)C)c([Si](C)(C)C)cn2)cc1.[Ir]. The van der Waals surface area contributed by atoms with Crippen molar-refractivity contribution in [1.82, 2.24) is 14.5 Å². The normalized spacial score (nSPS) is 13.5. The van der Waals surface area contributed by atoms with Crippen LogP contribution in [0, 0.1) is 38.8 Å². The van der Waals surface area contributed by atoms with Crippen LogP contribution >= 0.6 is 0 Å². The summed E-state index contributed by atoms with van der Waals surface area (Å²) in [5.74, 6) is 0.674. The number of hydrogen-bond donors (Lipinski definition) is 0. The summed E-state index contributed by atoms with van der Waals surface area (Å²) >= 11 is 0. The molecule has 0 amide bonds. The van der Waals surface area contributed by atoms with Gasteiger partial charge in [-0.15, -0.1) is 53.6 Å². The van der Waals surface area contributed by atoms with Gasteiger partial charge >= 0.3 is 0 Å². The van der Waals surface area contributed by atoms with E-state index < -0.39 is 21.3 Å². The van der Waals surface area contributed by atoms with Gasteiger partial charge in [-0.3, -0.25) is 4.98 Å². The van der Waals surface area contributed by atoms with Crippen molar-refractivity contribution in [1.29, 1.82) is 0 Å². The third-order valence-corrected chi connectivity index (χ3v) is 11.0. The minimum absolute atomic E-state index is 0. The van der Waals surface area contributed by atoms with Crippen LogP contribution in [0.3, 0.4) is 0 Å². The molecule has 0 atom stereocenters. The summed E-state index contributed by atoms with van der Waals surface area (Å²) in [7, 11) is -1.78. The molecular formula is C46H45IrN3OSi-2. The molecule has 0 saturated heterocycles. The molecule has 0 N–H and O–H groups in total. The minimum atomic E-state index is -2.16. The molecule has 6 heteroatoms. The molecule has 3 aromatic heterocycles. The van der Waals surface area contributed by atoms with Crippen LogP contribution in [0.5, 0.6) is 0 Å². The monoisotopic (exact) mass is 881 g/mol. The number of imidazole rings is 1. The van der Waals surface area contributed by atoms with Crippen molar-refractivity contribution in [3.63, 3.8) is 0 Å². The molecule has 0 aliphatic heterocycles. The van der Waals surface area contributed by atoms with Crippen LogP contribution in [-0.4, -0.2) is 22.6 Å². The number of pyridine rings is 1. The Labute approximate surface area is 329 Å². The fourth-order valence-corrected chi connectivity index (χ4v) is 8.05. The molecule has 5 aromatic carbocycles. The predicted molar refractivity (Wildman–Crippen MR) is 217 cm³/mol. The van der Waals surface area contributed by atoms with Gasteiger partial charge in [-0.05, 0) is 66.3 Å². The van der Waals surface area contributed by atoms with E-state index in [4.69, 9.17) is 16.3 Å². The number of aryl methyl sites for hydroxylation is 3. The van der Waals surface area contributed by atoms with Crippen molar-refractivity contribution in [3.05, 3.63) is 144 Å². The summed E-state index contributed by atoms with van der Waals surface area (Å²) in [5.41, 5.74) is 10.4. The molecule has 0 aliphatic carbocycles. The molecule has 1 radical (unpaired) electrons. The number of fused-ring (bicyclic) bond motifs is 4. The summed E-state index contributed by atoms with van der Waals surface area (Å²) in [4.78, 5) is 9.57. The van der Waals surface area contributed by atoms with Crippen LogP contribution in [0.4, 0.5) is 0 Å². The van der Waals surface area contributed by atoms with Crippen LogP contribution in [-0.2, 0) is 26.5 Å². The van der Waals surface area contributed by atoms with E-state index in [1.165, 1.54) is 17.2 Å². The van der Waals surface area contributed by atoms with E-state index in [1.807, 2.05) is 50.2 Å². The number of rotatable bonds is 6. The van der Waals surface area contributed by atoms with Gasteiger partial charge in [-0.1, -0.05) is 111 Å². The maximum Gasteiger partial charge on any atom is 0.120 e. The fraction of sp³-hybridized carbons (Fsp3) is 0.217. The maximum atomic E-state index is 8.59. The quantitative estimate of drug-likeness (QED) is 0.123. The van der Waals surface area contributed by atoms with E-state index >= 15 is 0 Å². The molecule has 0 spiro atoms. The second-order valence-electron chi connectivity index (χ2n) is 14.3. The molecule has 0 aliphatic rings. The molecule has 4 nitrogen and oxygen atoms in total. The van der Waals surface area contributed by atoms with Gasteiger partial charge in [0.15, 0.2) is 0 Å². The first kappa shape index (κ1) is 31.0. The Kier molecular flexibility index (Phi) is 9.03. The van der Waals surface area contributed by atoms with Gasteiger partial charge in [0, 0.05) is 44.2 Å². The van der Waals surface area contributed by atoms with Crippen molar-refractivity contribution in [2.75, 3.05) is 0 Å². The van der Waals surface area contributed by atoms with Gasteiger partial charge in [0.2, 0.25) is 0 Å². The summed E-state index contributed by atoms with van der Waals surface area (Å²) in [5, 5.41) is 3.20. The van der Waals surface area contributed by atoms with E-state index in [0.717, 1.165) is 55.2 Å². The van der Waals surface area contributed by atoms with Crippen LogP contribution in [0.25, 0.3) is 61.3 Å². The summed E-state index contributed by atoms with van der Waals surface area (Å²) < 4.78 is 48.1. The first-order valence-electron chi connectivity index (χ1n) is 19.9. The van der Waals surface area contributed by atoms with Crippen LogP contribution in [0.1, 0.15) is 43.0 Å². The zero-order chi connectivity index (χ0) is 40.2. The zero-order valence-corrected chi connectivity index (χ0v) is 33.9. The van der Waals surface area contributed by atoms with Crippen LogP contribution in [0.2, 0.25) is 19.6 Å². The Morgan fingerprint density at radius 1 is 0.885 bits per heavy atom. The second-order valence-corrected chi connectivity index (χ2v) is 19.4. The van der Waals surface area contributed by atoms with Crippen molar-refractivity contribution >= 4 is 46.2 Å². The summed E-state index contributed by atoms with van der Waals surface area (Å²) in [6.45, 7) is 12.4. The Morgan fingerprint density at radius 3 is 2.35 bits per heavy atom. The van der Waals surface area contributed by atoms with Crippen LogP contribution in [0.15, 0.2) is 114 Å². The molecular weight excluding hydrogens is 831 g/mol. The third-order valence-electron chi connectivity index (χ3n) is 9.03. The largest absolute Gasteiger partial charge is 0.501 e. The molecule has 8 rings (SSSR count). The molecule has 0 saturated carbocycles. The number of aromatic nitrogens is 3. The molecule has 52 heavy (non-hydrogen) atoms. The topological polar surface area (TPSA) is 43.9 Å². The first-order chi connectivity index (χ1) is 26.5. The van der Waals surface area contributed by atoms with E-state index in [9.17, 15) is 0 Å². The number of hydrogen-bond acceptors (Lipinski definition) is 3. The molecule has 0 bridgehead atoms. The number of para-hydroxylation sites is 4. The smallest absolute Gasteiger partial charge is 0.120 e. The molecule has 3 heterocycles. The number of benzene rings is 5. The van der Waals surface area contributed by atoms with Gasteiger partial charge < -0.3 is 14.0 Å². The average Bonchev–Trinajstić information content (AvgIpc) is 3.73. The maximum absolute atomic E-state index is 8.59. The summed E-state index contributed by atoms with van der Waals surface area (Å²) in [6, 6.07) is 39.8. The van der Waals surface area contributed by atoms with E-state index in [2.05, 4.69) is 104 Å². The Bertz CT molecular complexity index is 2690. The van der Waals surface area contributed by atoms with Crippen molar-refractivity contribution in [2.45, 2.75) is 60.6 Å². The van der Waals surface area contributed by atoms with E-state index in [1.54, 1.807) is 18.3 Å². The van der Waals surface area contributed by atoms with Gasteiger partial charge in [0.1, 0.15) is 5.58 Å². The third kappa shape index (κ3) is 7.34. The van der Waals surface area contributed by atoms with E-state index in [0.29, 0.717) is 16.8 Å². The molecule has 0 unspecified atom stereocenters. The second kappa shape index (κ2) is 15.2. The predicted octanol–water partition coefficient (Wildman–Crippen LogP) is 11.6. The van der Waals surface area contributed by atoms with Crippen molar-refractivity contribution in [2.24, 2.45) is 5.92 Å². The Morgan fingerprint density at radius 2 is 1.63 bits per heavy atom. The van der Waals surface area contributed by atoms with E-state index in [-0.39, 0.29) is 31.6 Å². The van der Waals surface area contributed by atoms with Crippen molar-refractivity contribution in [3.8, 4) is 28.3 Å². The van der Waals surface area contributed by atoms with Gasteiger partial charge in [0.05, 0.1) is 30.5 Å².